The van der Waals surface area contributed by atoms with Crippen molar-refractivity contribution in [3.8, 4) is 5.82 Å². The second-order valence-electron chi connectivity index (χ2n) is 6.92. The maximum atomic E-state index is 8.96. The first-order valence-corrected chi connectivity index (χ1v) is 9.50. The summed E-state index contributed by atoms with van der Waals surface area (Å²) >= 11 is 0. The first-order valence-electron chi connectivity index (χ1n) is 9.50. The molecule has 0 aliphatic rings. The van der Waals surface area contributed by atoms with Crippen molar-refractivity contribution in [3.05, 3.63) is 84.4 Å². The third-order valence-electron chi connectivity index (χ3n) is 5.00. The van der Waals surface area contributed by atoms with Gasteiger partial charge in [0.05, 0.1) is 22.4 Å². The summed E-state index contributed by atoms with van der Waals surface area (Å²) in [7, 11) is 0. The second kappa shape index (κ2) is 7.29. The maximum Gasteiger partial charge on any atom is 0.158 e. The molecule has 146 valence electrons. The average molecular weight is 394 g/mol. The van der Waals surface area contributed by atoms with E-state index in [0.29, 0.717) is 11.5 Å². The second-order valence-corrected chi connectivity index (χ2v) is 6.92. The van der Waals surface area contributed by atoms with Gasteiger partial charge in [-0.2, -0.15) is 4.68 Å². The topological polar surface area (TPSA) is 88.2 Å². The molecule has 7 nitrogen and oxygen atoms in total. The van der Waals surface area contributed by atoms with Crippen LogP contribution in [0.15, 0.2) is 84.0 Å². The molecule has 2 aromatic heterocycles. The third-order valence-corrected chi connectivity index (χ3v) is 5.00. The van der Waals surface area contributed by atoms with Gasteiger partial charge >= 0.3 is 0 Å². The van der Waals surface area contributed by atoms with Crippen LogP contribution in [0.5, 0.6) is 0 Å². The lowest BCUT2D eigenvalue weighted by Crippen LogP contribution is -2.03. The molecular formula is C23H18N6O. The number of hydrogen-bond donors (Lipinski definition) is 2. The van der Waals surface area contributed by atoms with Crippen molar-refractivity contribution in [2.75, 3.05) is 5.32 Å². The predicted octanol–water partition coefficient (Wildman–Crippen LogP) is 4.91. The minimum absolute atomic E-state index is 0.566. The van der Waals surface area contributed by atoms with Crippen LogP contribution in [0.25, 0.3) is 27.8 Å². The number of fused-ring (bicyclic) bond motifs is 2. The molecule has 0 spiro atoms. The molecule has 0 amide bonds. The highest BCUT2D eigenvalue weighted by molar-refractivity contribution is 5.99. The maximum absolute atomic E-state index is 8.96. The van der Waals surface area contributed by atoms with E-state index in [-0.39, 0.29) is 0 Å². The number of para-hydroxylation sites is 2. The Hall–Kier alpha value is -4.26. The van der Waals surface area contributed by atoms with Gasteiger partial charge in [0.2, 0.25) is 0 Å². The van der Waals surface area contributed by atoms with Crippen LogP contribution in [0.2, 0.25) is 0 Å². The van der Waals surface area contributed by atoms with Gasteiger partial charge in [-0.15, -0.1) is 5.10 Å². The third kappa shape index (κ3) is 3.12. The monoisotopic (exact) mass is 394 g/mol. The van der Waals surface area contributed by atoms with Gasteiger partial charge in [0, 0.05) is 17.1 Å². The highest BCUT2D eigenvalue weighted by Crippen LogP contribution is 2.28. The zero-order chi connectivity index (χ0) is 20.5. The summed E-state index contributed by atoms with van der Waals surface area (Å²) in [6, 6.07) is 25.5. The van der Waals surface area contributed by atoms with Crippen molar-refractivity contribution in [1.29, 1.82) is 0 Å². The highest BCUT2D eigenvalue weighted by atomic mass is 16.4. The summed E-state index contributed by atoms with van der Waals surface area (Å²) in [6.45, 7) is 1.76. The Morgan fingerprint density at radius 2 is 1.67 bits per heavy atom. The number of pyridine rings is 1. The molecule has 0 aliphatic heterocycles. The van der Waals surface area contributed by atoms with E-state index in [2.05, 4.69) is 20.8 Å². The quantitative estimate of drug-likeness (QED) is 0.257. The fraction of sp³-hybridized carbons (Fsp3) is 0.0435. The fourth-order valence-electron chi connectivity index (χ4n) is 3.42. The summed E-state index contributed by atoms with van der Waals surface area (Å²) < 4.78 is 1.75. The van der Waals surface area contributed by atoms with Crippen LogP contribution in [-0.4, -0.2) is 30.9 Å². The molecule has 0 atom stereocenters. The molecule has 30 heavy (non-hydrogen) atoms. The number of aromatic nitrogens is 4. The smallest absolute Gasteiger partial charge is 0.158 e. The van der Waals surface area contributed by atoms with Crippen LogP contribution in [-0.2, 0) is 0 Å². The molecule has 2 heterocycles. The molecular weight excluding hydrogens is 376 g/mol. The van der Waals surface area contributed by atoms with Crippen LogP contribution in [0.3, 0.4) is 0 Å². The van der Waals surface area contributed by atoms with E-state index >= 15 is 0 Å². The van der Waals surface area contributed by atoms with Crippen LogP contribution >= 0.6 is 0 Å². The minimum atomic E-state index is 0.566. The summed E-state index contributed by atoms with van der Waals surface area (Å²) in [4.78, 5) is 4.80. The van der Waals surface area contributed by atoms with E-state index in [0.717, 1.165) is 38.9 Å². The van der Waals surface area contributed by atoms with Gasteiger partial charge in [-0.25, -0.2) is 4.98 Å². The van der Waals surface area contributed by atoms with Crippen molar-refractivity contribution in [1.82, 2.24) is 20.0 Å². The Kier molecular flexibility index (Phi) is 4.33. The number of benzene rings is 3. The molecule has 5 rings (SSSR count). The van der Waals surface area contributed by atoms with E-state index in [1.165, 1.54) is 0 Å². The highest BCUT2D eigenvalue weighted by Gasteiger charge is 2.11. The Morgan fingerprint density at radius 3 is 2.47 bits per heavy atom. The lowest BCUT2D eigenvalue weighted by atomic mass is 10.1. The van der Waals surface area contributed by atoms with Gasteiger partial charge in [-0.3, -0.25) is 0 Å². The van der Waals surface area contributed by atoms with E-state index in [9.17, 15) is 0 Å². The van der Waals surface area contributed by atoms with Gasteiger partial charge in [-0.1, -0.05) is 52.8 Å². The van der Waals surface area contributed by atoms with Gasteiger partial charge < -0.3 is 10.5 Å². The van der Waals surface area contributed by atoms with Gasteiger partial charge in [-0.05, 0) is 42.8 Å². The van der Waals surface area contributed by atoms with Crippen molar-refractivity contribution in [3.63, 3.8) is 0 Å². The van der Waals surface area contributed by atoms with Crippen molar-refractivity contribution < 1.29 is 5.21 Å². The summed E-state index contributed by atoms with van der Waals surface area (Å²) in [6.07, 6.45) is 0. The number of nitrogens with zero attached hydrogens (tertiary/aromatic N) is 5. The molecule has 0 radical (unpaired) electrons. The first-order chi connectivity index (χ1) is 14.7. The molecule has 7 heteroatoms. The molecule has 0 bridgehead atoms. The molecule has 0 unspecified atom stereocenters. The van der Waals surface area contributed by atoms with Crippen molar-refractivity contribution >= 4 is 39.0 Å². The number of hydrogen-bond acceptors (Lipinski definition) is 6. The summed E-state index contributed by atoms with van der Waals surface area (Å²) in [5, 5.41) is 25.2. The SMILES string of the molecule is C/C(=N\O)c1ccc(Nc2cc(-n3nnc4ccccc43)nc3ccccc23)cc1. The molecule has 2 N–H and O–H groups in total. The minimum Gasteiger partial charge on any atom is -0.411 e. The van der Waals surface area contributed by atoms with Crippen LogP contribution in [0.1, 0.15) is 12.5 Å². The first kappa shape index (κ1) is 17.8. The normalized spacial score (nSPS) is 11.8. The summed E-state index contributed by atoms with van der Waals surface area (Å²) in [5.41, 5.74) is 5.82. The number of anilines is 2. The van der Waals surface area contributed by atoms with Gasteiger partial charge in [0.1, 0.15) is 5.52 Å². The molecule has 3 aromatic carbocycles. The van der Waals surface area contributed by atoms with Crippen LogP contribution in [0, 0.1) is 0 Å². The number of oxime groups is 1. The lowest BCUT2D eigenvalue weighted by Gasteiger charge is -2.12. The molecule has 0 fully saturated rings. The molecule has 0 saturated heterocycles. The lowest BCUT2D eigenvalue weighted by molar-refractivity contribution is 0.319. The fourth-order valence-corrected chi connectivity index (χ4v) is 3.42. The van der Waals surface area contributed by atoms with E-state index < -0.39 is 0 Å². The van der Waals surface area contributed by atoms with E-state index in [1.807, 2.05) is 78.9 Å². The van der Waals surface area contributed by atoms with Crippen molar-refractivity contribution in [2.45, 2.75) is 6.92 Å². The van der Waals surface area contributed by atoms with Gasteiger partial charge in [0.15, 0.2) is 5.82 Å². The zero-order valence-electron chi connectivity index (χ0n) is 16.2. The Morgan fingerprint density at radius 1 is 0.933 bits per heavy atom. The average Bonchev–Trinajstić information content (AvgIpc) is 3.23. The van der Waals surface area contributed by atoms with E-state index in [1.54, 1.807) is 11.6 Å². The Balaban J connectivity index is 1.61. The van der Waals surface area contributed by atoms with E-state index in [4.69, 9.17) is 10.2 Å². The number of rotatable bonds is 4. The Labute approximate surface area is 172 Å². The van der Waals surface area contributed by atoms with Crippen LogP contribution < -0.4 is 5.32 Å². The van der Waals surface area contributed by atoms with Crippen molar-refractivity contribution in [2.24, 2.45) is 5.16 Å². The predicted molar refractivity (Wildman–Crippen MR) is 118 cm³/mol. The zero-order valence-corrected chi connectivity index (χ0v) is 16.2. The van der Waals surface area contributed by atoms with Gasteiger partial charge in [0.25, 0.3) is 0 Å². The van der Waals surface area contributed by atoms with Crippen LogP contribution in [0.4, 0.5) is 11.4 Å². The number of nitrogens with one attached hydrogen (secondary N) is 1. The molecule has 5 aromatic rings. The largest absolute Gasteiger partial charge is 0.411 e. The molecule has 0 saturated carbocycles. The molecule has 0 aliphatic carbocycles. The standard InChI is InChI=1S/C23H18N6O/c1-15(27-30)16-10-12-17(13-11-16)24-21-14-23(25-19-7-3-2-6-18(19)21)29-22-9-5-4-8-20(22)26-28-29/h2-14,30H,1H3,(H,24,25)/b27-15+. The summed E-state index contributed by atoms with van der Waals surface area (Å²) in [5.74, 6) is 0.685. The Bertz CT molecular complexity index is 1390.